The van der Waals surface area contributed by atoms with Crippen LogP contribution >= 0.6 is 0 Å². The Labute approximate surface area is 136 Å². The van der Waals surface area contributed by atoms with E-state index in [-0.39, 0.29) is 10.8 Å². The van der Waals surface area contributed by atoms with Crippen molar-refractivity contribution in [2.24, 2.45) is 0 Å². The fraction of sp³-hybridized carbons (Fsp3) is 0.533. The molecule has 0 spiro atoms. The fourth-order valence-corrected chi connectivity index (χ4v) is 4.19. The molecule has 126 valence electrons. The van der Waals surface area contributed by atoms with E-state index in [0.29, 0.717) is 58.0 Å². The molecule has 2 aliphatic rings. The average Bonchev–Trinajstić information content (AvgIpc) is 2.63. The van der Waals surface area contributed by atoms with Gasteiger partial charge in [0, 0.05) is 44.8 Å². The molecule has 0 saturated carbocycles. The number of piperazine rings is 1. The van der Waals surface area contributed by atoms with Crippen LogP contribution < -0.4 is 5.32 Å². The second kappa shape index (κ2) is 6.96. The van der Waals surface area contributed by atoms with Gasteiger partial charge in [-0.25, -0.2) is 8.42 Å². The highest BCUT2D eigenvalue weighted by Gasteiger charge is 2.26. The lowest BCUT2D eigenvalue weighted by molar-refractivity contribution is 0.0303. The summed E-state index contributed by atoms with van der Waals surface area (Å²) in [7, 11) is -3.48. The van der Waals surface area contributed by atoms with Crippen molar-refractivity contribution >= 4 is 15.9 Å². The monoisotopic (exact) mass is 339 g/mol. The van der Waals surface area contributed by atoms with Crippen LogP contribution in [-0.2, 0) is 14.8 Å². The fourth-order valence-electron chi connectivity index (χ4n) is 2.75. The molecule has 0 bridgehead atoms. The molecule has 0 aliphatic carbocycles. The van der Waals surface area contributed by atoms with Crippen molar-refractivity contribution in [1.82, 2.24) is 14.5 Å². The molecule has 1 aromatic carbocycles. The summed E-state index contributed by atoms with van der Waals surface area (Å²) in [5, 5.41) is 3.13. The van der Waals surface area contributed by atoms with Crippen LogP contribution in [0.5, 0.6) is 0 Å². The zero-order valence-corrected chi connectivity index (χ0v) is 13.7. The highest BCUT2D eigenvalue weighted by atomic mass is 32.2. The first-order valence-corrected chi connectivity index (χ1v) is 9.21. The molecule has 0 radical (unpaired) electrons. The van der Waals surface area contributed by atoms with Crippen molar-refractivity contribution in [2.45, 2.75) is 4.90 Å². The number of carbonyl (C=O) groups is 1. The Hall–Kier alpha value is -1.48. The van der Waals surface area contributed by atoms with Gasteiger partial charge in [0.2, 0.25) is 10.0 Å². The van der Waals surface area contributed by atoms with Crippen LogP contribution in [0.25, 0.3) is 0 Å². The van der Waals surface area contributed by atoms with Crippen LogP contribution in [-0.4, -0.2) is 76.0 Å². The average molecular weight is 339 g/mol. The van der Waals surface area contributed by atoms with Crippen molar-refractivity contribution < 1.29 is 17.9 Å². The quantitative estimate of drug-likeness (QED) is 0.822. The third kappa shape index (κ3) is 3.55. The molecule has 0 unspecified atom stereocenters. The van der Waals surface area contributed by atoms with Crippen molar-refractivity contribution in [3.05, 3.63) is 29.8 Å². The lowest BCUT2D eigenvalue weighted by Crippen LogP contribution is -2.46. The molecule has 1 N–H and O–H groups in total. The van der Waals surface area contributed by atoms with Crippen molar-refractivity contribution in [3.8, 4) is 0 Å². The van der Waals surface area contributed by atoms with Crippen LogP contribution in [0.4, 0.5) is 0 Å². The van der Waals surface area contributed by atoms with Crippen molar-refractivity contribution in [3.63, 3.8) is 0 Å². The van der Waals surface area contributed by atoms with E-state index < -0.39 is 10.0 Å². The van der Waals surface area contributed by atoms with Crippen LogP contribution in [0.2, 0.25) is 0 Å². The topological polar surface area (TPSA) is 79.0 Å². The second-order valence-electron chi connectivity index (χ2n) is 5.58. The Morgan fingerprint density at radius 3 is 2.22 bits per heavy atom. The number of hydrogen-bond acceptors (Lipinski definition) is 5. The van der Waals surface area contributed by atoms with Gasteiger partial charge in [0.25, 0.3) is 5.91 Å². The van der Waals surface area contributed by atoms with E-state index in [4.69, 9.17) is 4.74 Å². The summed E-state index contributed by atoms with van der Waals surface area (Å²) in [4.78, 5) is 14.3. The Bertz CT molecular complexity index is 648. The minimum absolute atomic E-state index is 0.0839. The molecule has 7 nitrogen and oxygen atoms in total. The second-order valence-corrected chi connectivity index (χ2v) is 7.52. The van der Waals surface area contributed by atoms with Crippen LogP contribution in [0, 0.1) is 0 Å². The Morgan fingerprint density at radius 2 is 1.61 bits per heavy atom. The van der Waals surface area contributed by atoms with Crippen molar-refractivity contribution in [1.29, 1.82) is 0 Å². The summed E-state index contributed by atoms with van der Waals surface area (Å²) in [6, 6.07) is 6.22. The highest BCUT2D eigenvalue weighted by Crippen LogP contribution is 2.18. The molecule has 23 heavy (non-hydrogen) atoms. The molecule has 0 atom stereocenters. The third-order valence-electron chi connectivity index (χ3n) is 4.11. The van der Waals surface area contributed by atoms with E-state index in [9.17, 15) is 13.2 Å². The van der Waals surface area contributed by atoms with Gasteiger partial charge in [-0.1, -0.05) is 0 Å². The highest BCUT2D eigenvalue weighted by molar-refractivity contribution is 7.89. The minimum Gasteiger partial charge on any atom is -0.378 e. The molecule has 2 heterocycles. The Balaban J connectivity index is 1.74. The van der Waals surface area contributed by atoms with Gasteiger partial charge in [0.1, 0.15) is 0 Å². The zero-order chi connectivity index (χ0) is 16.3. The van der Waals surface area contributed by atoms with Gasteiger partial charge in [-0.3, -0.25) is 4.79 Å². The predicted octanol–water partition coefficient (Wildman–Crippen LogP) is -0.247. The summed E-state index contributed by atoms with van der Waals surface area (Å²) in [5.41, 5.74) is 0.506. The summed E-state index contributed by atoms with van der Waals surface area (Å²) in [6.45, 7) is 4.48. The van der Waals surface area contributed by atoms with E-state index in [1.165, 1.54) is 16.4 Å². The Morgan fingerprint density at radius 1 is 1.00 bits per heavy atom. The largest absolute Gasteiger partial charge is 0.378 e. The van der Waals surface area contributed by atoms with Crippen LogP contribution in [0.3, 0.4) is 0 Å². The van der Waals surface area contributed by atoms with Gasteiger partial charge in [0.15, 0.2) is 0 Å². The number of amides is 1. The molecule has 3 rings (SSSR count). The SMILES string of the molecule is O=C(c1ccc(S(=O)(=O)N2CCNCC2)cc1)N1CCOCC1. The van der Waals surface area contributed by atoms with Gasteiger partial charge in [-0.2, -0.15) is 4.31 Å². The maximum Gasteiger partial charge on any atom is 0.254 e. The van der Waals surface area contributed by atoms with E-state index in [1.807, 2.05) is 0 Å². The molecule has 1 amide bonds. The minimum atomic E-state index is -3.48. The number of nitrogens with zero attached hydrogens (tertiary/aromatic N) is 2. The molecule has 1 aromatic rings. The van der Waals surface area contributed by atoms with Gasteiger partial charge in [-0.15, -0.1) is 0 Å². The van der Waals surface area contributed by atoms with Gasteiger partial charge >= 0.3 is 0 Å². The number of carbonyl (C=O) groups excluding carboxylic acids is 1. The first kappa shape index (κ1) is 16.4. The van der Waals surface area contributed by atoms with E-state index in [0.717, 1.165) is 0 Å². The summed E-state index contributed by atoms with van der Waals surface area (Å²) in [6.07, 6.45) is 0. The van der Waals surface area contributed by atoms with E-state index in [2.05, 4.69) is 5.32 Å². The number of hydrogen-bond donors (Lipinski definition) is 1. The van der Waals surface area contributed by atoms with Gasteiger partial charge in [0.05, 0.1) is 18.1 Å². The number of benzene rings is 1. The molecule has 2 saturated heterocycles. The van der Waals surface area contributed by atoms with Crippen molar-refractivity contribution in [2.75, 3.05) is 52.5 Å². The standard InChI is InChI=1S/C15H21N3O4S/c19-15(17-9-11-22-12-10-17)13-1-3-14(4-2-13)23(20,21)18-7-5-16-6-8-18/h1-4,16H,5-12H2. The van der Waals surface area contributed by atoms with Crippen LogP contribution in [0.15, 0.2) is 29.2 Å². The predicted molar refractivity (Wildman–Crippen MR) is 84.8 cm³/mol. The number of nitrogens with one attached hydrogen (secondary N) is 1. The molecule has 2 fully saturated rings. The lowest BCUT2D eigenvalue weighted by atomic mass is 10.2. The molecule has 0 aromatic heterocycles. The third-order valence-corrected chi connectivity index (χ3v) is 6.03. The Kier molecular flexibility index (Phi) is 4.96. The summed E-state index contributed by atoms with van der Waals surface area (Å²) < 4.78 is 31.8. The number of rotatable bonds is 3. The maximum absolute atomic E-state index is 12.6. The lowest BCUT2D eigenvalue weighted by Gasteiger charge is -2.27. The van der Waals surface area contributed by atoms with E-state index in [1.54, 1.807) is 17.0 Å². The molecule has 8 heteroatoms. The van der Waals surface area contributed by atoms with Gasteiger partial charge in [-0.05, 0) is 24.3 Å². The summed E-state index contributed by atoms with van der Waals surface area (Å²) >= 11 is 0. The van der Waals surface area contributed by atoms with E-state index >= 15 is 0 Å². The molecular weight excluding hydrogens is 318 g/mol. The number of ether oxygens (including phenoxy) is 1. The first-order valence-electron chi connectivity index (χ1n) is 7.77. The molecular formula is C15H21N3O4S. The van der Waals surface area contributed by atoms with Gasteiger partial charge < -0.3 is 15.0 Å². The summed E-state index contributed by atoms with van der Waals surface area (Å²) in [5.74, 6) is -0.0839. The number of sulfonamides is 1. The first-order chi connectivity index (χ1) is 11.1. The maximum atomic E-state index is 12.6. The molecule has 2 aliphatic heterocycles. The van der Waals surface area contributed by atoms with Crippen LogP contribution in [0.1, 0.15) is 10.4 Å². The normalized spacial score (nSPS) is 20.4. The smallest absolute Gasteiger partial charge is 0.254 e. The number of morpholine rings is 1. The zero-order valence-electron chi connectivity index (χ0n) is 12.9.